The zero-order valence-electron chi connectivity index (χ0n) is 14.4. The minimum Gasteiger partial charge on any atom is -0.381 e. The van der Waals surface area contributed by atoms with Gasteiger partial charge >= 0.3 is 0 Å². The Morgan fingerprint density at radius 1 is 1.09 bits per heavy atom. The van der Waals surface area contributed by atoms with Crippen LogP contribution in [0.3, 0.4) is 0 Å². The van der Waals surface area contributed by atoms with E-state index < -0.39 is 0 Å². The van der Waals surface area contributed by atoms with Crippen molar-refractivity contribution in [2.24, 2.45) is 34.5 Å². The number of nitrogens with one attached hydrogen (secondary N) is 1. The van der Waals surface area contributed by atoms with Crippen LogP contribution in [0.15, 0.2) is 0 Å². The molecule has 4 rings (SSSR count). The summed E-state index contributed by atoms with van der Waals surface area (Å²) in [4.78, 5) is 12.3. The van der Waals surface area contributed by atoms with Crippen LogP contribution in [0.4, 0.5) is 0 Å². The van der Waals surface area contributed by atoms with E-state index in [1.807, 2.05) is 7.11 Å². The Bertz CT molecular complexity index is 478. The number of ether oxygens (including phenoxy) is 1. The monoisotopic (exact) mass is 305 g/mol. The summed E-state index contributed by atoms with van der Waals surface area (Å²) < 4.78 is 5.67. The Morgan fingerprint density at radius 2 is 1.91 bits per heavy atom. The van der Waals surface area contributed by atoms with Crippen molar-refractivity contribution < 1.29 is 9.53 Å². The number of carbonyl (C=O) groups is 1. The first kappa shape index (κ1) is 15.0. The van der Waals surface area contributed by atoms with Crippen LogP contribution in [0.2, 0.25) is 0 Å². The molecule has 4 aliphatic rings. The minimum absolute atomic E-state index is 0.0753. The van der Waals surface area contributed by atoms with Gasteiger partial charge in [-0.1, -0.05) is 13.8 Å². The molecule has 3 saturated carbocycles. The van der Waals surface area contributed by atoms with E-state index in [9.17, 15) is 4.79 Å². The van der Waals surface area contributed by atoms with Crippen LogP contribution >= 0.6 is 0 Å². The van der Waals surface area contributed by atoms with Gasteiger partial charge in [0.25, 0.3) is 0 Å². The van der Waals surface area contributed by atoms with E-state index in [1.165, 1.54) is 38.5 Å². The Morgan fingerprint density at radius 3 is 2.68 bits per heavy atom. The molecule has 124 valence electrons. The molecule has 0 aromatic carbocycles. The van der Waals surface area contributed by atoms with Gasteiger partial charge in [0.1, 0.15) is 0 Å². The highest BCUT2D eigenvalue weighted by atomic mass is 16.5. The van der Waals surface area contributed by atoms with Gasteiger partial charge in [-0.05, 0) is 74.0 Å². The van der Waals surface area contributed by atoms with E-state index in [1.54, 1.807) is 0 Å². The SMILES string of the molecule is COC1CCC2(C)C(CCC3C4CNC(=O)C4(C)CCC32)C1. The van der Waals surface area contributed by atoms with Crippen molar-refractivity contribution >= 4 is 5.91 Å². The molecule has 0 radical (unpaired) electrons. The van der Waals surface area contributed by atoms with Gasteiger partial charge in [0.2, 0.25) is 5.91 Å². The zero-order valence-corrected chi connectivity index (χ0v) is 14.4. The Hall–Kier alpha value is -0.570. The standard InChI is InChI=1S/C19H31NO2/c1-18-8-6-13(22-3)10-12(18)4-5-14-15(18)7-9-19(2)16(14)11-20-17(19)21/h12-16H,4-11H2,1-3H3,(H,20,21). The van der Waals surface area contributed by atoms with Gasteiger partial charge in [-0.3, -0.25) is 4.79 Å². The highest BCUT2D eigenvalue weighted by molar-refractivity contribution is 5.85. The summed E-state index contributed by atoms with van der Waals surface area (Å²) in [5, 5.41) is 3.18. The van der Waals surface area contributed by atoms with Crippen LogP contribution in [-0.4, -0.2) is 25.7 Å². The molecule has 3 nitrogen and oxygen atoms in total. The molecular formula is C19H31NO2. The molecule has 1 amide bonds. The van der Waals surface area contributed by atoms with Crippen molar-refractivity contribution in [3.63, 3.8) is 0 Å². The number of amides is 1. The van der Waals surface area contributed by atoms with E-state index in [0.717, 1.165) is 30.7 Å². The molecular weight excluding hydrogens is 274 g/mol. The van der Waals surface area contributed by atoms with Gasteiger partial charge in [-0.15, -0.1) is 0 Å². The third kappa shape index (κ3) is 1.87. The number of rotatable bonds is 1. The number of hydrogen-bond acceptors (Lipinski definition) is 2. The van der Waals surface area contributed by atoms with Gasteiger partial charge in [-0.2, -0.15) is 0 Å². The van der Waals surface area contributed by atoms with Crippen LogP contribution in [0.25, 0.3) is 0 Å². The van der Waals surface area contributed by atoms with Gasteiger partial charge < -0.3 is 10.1 Å². The molecule has 7 unspecified atom stereocenters. The average Bonchev–Trinajstić information content (AvgIpc) is 2.82. The summed E-state index contributed by atoms with van der Waals surface area (Å²) in [7, 11) is 1.88. The first-order valence-electron chi connectivity index (χ1n) is 9.30. The summed E-state index contributed by atoms with van der Waals surface area (Å²) in [6, 6.07) is 0. The molecule has 1 aliphatic heterocycles. The van der Waals surface area contributed by atoms with Crippen molar-refractivity contribution in [2.45, 2.75) is 64.9 Å². The molecule has 3 heteroatoms. The van der Waals surface area contributed by atoms with Gasteiger partial charge in [0.15, 0.2) is 0 Å². The number of fused-ring (bicyclic) bond motifs is 5. The predicted octanol–water partition coefficient (Wildman–Crippen LogP) is 3.38. The molecule has 0 bridgehead atoms. The summed E-state index contributed by atoms with van der Waals surface area (Å²) in [6.07, 6.45) is 9.33. The average molecular weight is 305 g/mol. The lowest BCUT2D eigenvalue weighted by molar-refractivity contribution is -0.143. The quantitative estimate of drug-likeness (QED) is 0.806. The maximum absolute atomic E-state index is 12.3. The van der Waals surface area contributed by atoms with E-state index in [0.29, 0.717) is 23.3 Å². The van der Waals surface area contributed by atoms with Gasteiger partial charge in [0.05, 0.1) is 11.5 Å². The van der Waals surface area contributed by atoms with Gasteiger partial charge in [0, 0.05) is 13.7 Å². The smallest absolute Gasteiger partial charge is 0.226 e. The van der Waals surface area contributed by atoms with Crippen molar-refractivity contribution in [3.05, 3.63) is 0 Å². The zero-order chi connectivity index (χ0) is 15.5. The predicted molar refractivity (Wildman–Crippen MR) is 86.3 cm³/mol. The lowest BCUT2D eigenvalue weighted by Gasteiger charge is -2.59. The second-order valence-electron chi connectivity index (χ2n) is 8.96. The van der Waals surface area contributed by atoms with E-state index >= 15 is 0 Å². The largest absolute Gasteiger partial charge is 0.381 e. The molecule has 1 saturated heterocycles. The van der Waals surface area contributed by atoms with E-state index in [4.69, 9.17) is 4.74 Å². The number of hydrogen-bond donors (Lipinski definition) is 1. The van der Waals surface area contributed by atoms with Crippen LogP contribution in [0.1, 0.15) is 58.8 Å². The highest BCUT2D eigenvalue weighted by Gasteiger charge is 2.60. The lowest BCUT2D eigenvalue weighted by atomic mass is 9.45. The normalized spacial score (nSPS) is 54.1. The fourth-order valence-electron chi connectivity index (χ4n) is 6.82. The second kappa shape index (κ2) is 4.96. The molecule has 4 fully saturated rings. The van der Waals surface area contributed by atoms with Gasteiger partial charge in [-0.25, -0.2) is 0 Å². The van der Waals surface area contributed by atoms with E-state index in [2.05, 4.69) is 19.2 Å². The third-order valence-electron chi connectivity index (χ3n) is 8.34. The molecule has 0 aromatic rings. The first-order valence-corrected chi connectivity index (χ1v) is 9.30. The fraction of sp³-hybridized carbons (Fsp3) is 0.947. The molecule has 22 heavy (non-hydrogen) atoms. The summed E-state index contributed by atoms with van der Waals surface area (Å²) in [5.41, 5.74) is 0.416. The summed E-state index contributed by atoms with van der Waals surface area (Å²) >= 11 is 0. The molecule has 1 heterocycles. The maximum Gasteiger partial charge on any atom is 0.226 e. The molecule has 3 aliphatic carbocycles. The summed E-state index contributed by atoms with van der Waals surface area (Å²) in [6.45, 7) is 5.72. The molecule has 0 aromatic heterocycles. The maximum atomic E-state index is 12.3. The van der Waals surface area contributed by atoms with Crippen LogP contribution < -0.4 is 5.32 Å². The minimum atomic E-state index is -0.0753. The van der Waals surface area contributed by atoms with Crippen LogP contribution in [0, 0.1) is 34.5 Å². The summed E-state index contributed by atoms with van der Waals surface area (Å²) in [5.74, 6) is 3.33. The van der Waals surface area contributed by atoms with E-state index in [-0.39, 0.29) is 5.41 Å². The molecule has 7 atom stereocenters. The second-order valence-corrected chi connectivity index (χ2v) is 8.96. The van der Waals surface area contributed by atoms with Crippen molar-refractivity contribution in [2.75, 3.05) is 13.7 Å². The lowest BCUT2D eigenvalue weighted by Crippen LogP contribution is -2.54. The van der Waals surface area contributed by atoms with Crippen LogP contribution in [-0.2, 0) is 9.53 Å². The van der Waals surface area contributed by atoms with Crippen molar-refractivity contribution in [1.82, 2.24) is 5.32 Å². The third-order valence-corrected chi connectivity index (χ3v) is 8.34. The van der Waals surface area contributed by atoms with Crippen molar-refractivity contribution in [1.29, 1.82) is 0 Å². The fourth-order valence-corrected chi connectivity index (χ4v) is 6.82. The van der Waals surface area contributed by atoms with Crippen molar-refractivity contribution in [3.8, 4) is 0 Å². The number of methoxy groups -OCH3 is 1. The van der Waals surface area contributed by atoms with Crippen LogP contribution in [0.5, 0.6) is 0 Å². The molecule has 1 N–H and O–H groups in total. The first-order chi connectivity index (χ1) is 10.5. The Kier molecular flexibility index (Phi) is 3.38. The number of carbonyl (C=O) groups excluding carboxylic acids is 1. The highest BCUT2D eigenvalue weighted by Crippen LogP contribution is 2.63. The molecule has 0 spiro atoms. The Labute approximate surface area is 134 Å². The topological polar surface area (TPSA) is 38.3 Å². The Balaban J connectivity index is 1.60.